The summed E-state index contributed by atoms with van der Waals surface area (Å²) in [5, 5.41) is 1.63. The Bertz CT molecular complexity index is 809. The molecule has 0 amide bonds. The van der Waals surface area contributed by atoms with E-state index in [-0.39, 0.29) is 25.8 Å². The Morgan fingerprint density at radius 3 is 1.73 bits per heavy atom. The Hall–Kier alpha value is -1.78. The maximum atomic E-state index is 13.8. The second kappa shape index (κ2) is 6.98. The number of hydrogen-bond acceptors (Lipinski definition) is 2. The van der Waals surface area contributed by atoms with Crippen molar-refractivity contribution < 1.29 is 24.9 Å². The van der Waals surface area contributed by atoms with Crippen molar-refractivity contribution in [2.45, 2.75) is 0 Å². The largest absolute Gasteiger partial charge is 1.00 e. The minimum atomic E-state index is -3.16. The van der Waals surface area contributed by atoms with E-state index in [4.69, 9.17) is 0 Å². The van der Waals surface area contributed by atoms with Gasteiger partial charge in [-0.1, -0.05) is 60.7 Å². The molecule has 1 N–H and O–H groups in total. The van der Waals surface area contributed by atoms with E-state index in [1.54, 1.807) is 42.6 Å². The van der Waals surface area contributed by atoms with E-state index in [0.717, 1.165) is 0 Å². The molecule has 0 unspecified atom stereocenters. The molecule has 0 atom stereocenters. The number of aromatic amines is 1. The topological polar surface area (TPSA) is 49.9 Å². The molecule has 5 heteroatoms. The van der Waals surface area contributed by atoms with E-state index in [1.807, 2.05) is 36.4 Å². The first-order chi connectivity index (χ1) is 10.2. The summed E-state index contributed by atoms with van der Waals surface area (Å²) in [6, 6.07) is 21.6. The first-order valence-electron chi connectivity index (χ1n) is 6.62. The number of pyridine rings is 1. The predicted octanol–water partition coefficient (Wildman–Crippen LogP) is -0.869. The first-order valence-corrected chi connectivity index (χ1v) is 8.33. The fourth-order valence-electron chi connectivity index (χ4n) is 2.36. The molecule has 2 aromatic carbocycles. The Morgan fingerprint density at radius 2 is 1.27 bits per heavy atom. The molecule has 106 valence electrons. The summed E-state index contributed by atoms with van der Waals surface area (Å²) < 4.78 is 13.8. The third-order valence-electron chi connectivity index (χ3n) is 3.38. The molecule has 0 aliphatic carbocycles. The fraction of sp³-hybridized carbons (Fsp3) is 0. The molecular weight excluding hydrogens is 288 g/mol. The SMILES string of the molecule is O=c1[nH]cccc1P(=O)(c1ccccc1)c1ccccc1.[H-].[Li+]. The first kappa shape index (κ1) is 16.6. The van der Waals surface area contributed by atoms with E-state index in [2.05, 4.69) is 4.98 Å². The van der Waals surface area contributed by atoms with Crippen molar-refractivity contribution in [3.63, 3.8) is 0 Å². The molecule has 0 fully saturated rings. The third-order valence-corrected chi connectivity index (χ3v) is 6.46. The molecule has 0 spiro atoms. The number of nitrogens with one attached hydrogen (secondary N) is 1. The van der Waals surface area contributed by atoms with Crippen LogP contribution in [0.15, 0.2) is 83.8 Å². The van der Waals surface area contributed by atoms with Crippen LogP contribution in [-0.4, -0.2) is 4.98 Å². The summed E-state index contributed by atoms with van der Waals surface area (Å²) in [5.41, 5.74) is -0.312. The predicted molar refractivity (Wildman–Crippen MR) is 87.6 cm³/mol. The number of H-pyrrole nitrogens is 1. The van der Waals surface area contributed by atoms with Crippen LogP contribution in [0.2, 0.25) is 0 Å². The van der Waals surface area contributed by atoms with Crippen LogP contribution in [0, 0.1) is 0 Å². The molecule has 3 aromatic rings. The Labute approximate surface area is 142 Å². The van der Waals surface area contributed by atoms with Crippen LogP contribution in [-0.2, 0) is 4.57 Å². The standard InChI is InChI=1S/C17H14NO2P.Li.H/c19-17-16(12-7-13-18-17)21(20,14-8-3-1-4-9-14)15-10-5-2-6-11-15;;/h1-13H,(H,18,19);;/q;+1;-1. The van der Waals surface area contributed by atoms with Gasteiger partial charge in [-0.05, 0) is 12.1 Å². The molecule has 3 nitrogen and oxygen atoms in total. The second-order valence-electron chi connectivity index (χ2n) is 4.66. The maximum absolute atomic E-state index is 13.8. The van der Waals surface area contributed by atoms with Gasteiger partial charge in [0.25, 0.3) is 5.56 Å². The van der Waals surface area contributed by atoms with E-state index in [9.17, 15) is 9.36 Å². The van der Waals surface area contributed by atoms with Gasteiger partial charge in [-0.3, -0.25) is 4.79 Å². The average Bonchev–Trinajstić information content (AvgIpc) is 2.56. The van der Waals surface area contributed by atoms with Crippen LogP contribution in [0.4, 0.5) is 0 Å². The summed E-state index contributed by atoms with van der Waals surface area (Å²) in [6.07, 6.45) is 1.55. The van der Waals surface area contributed by atoms with Crippen LogP contribution in [0.3, 0.4) is 0 Å². The van der Waals surface area contributed by atoms with Crippen molar-refractivity contribution in [2.24, 2.45) is 0 Å². The summed E-state index contributed by atoms with van der Waals surface area (Å²) in [4.78, 5) is 14.8. The molecule has 1 aromatic heterocycles. The second-order valence-corrected chi connectivity index (χ2v) is 7.40. The zero-order valence-electron chi connectivity index (χ0n) is 13.3. The Balaban J connectivity index is 0.00000132. The van der Waals surface area contributed by atoms with Gasteiger partial charge in [0.15, 0.2) is 7.14 Å². The molecular formula is C17H15LiNO2P. The van der Waals surface area contributed by atoms with Gasteiger partial charge in [0, 0.05) is 16.8 Å². The summed E-state index contributed by atoms with van der Waals surface area (Å²) in [7, 11) is -3.16. The maximum Gasteiger partial charge on any atom is 1.00 e. The molecule has 3 rings (SSSR count). The van der Waals surface area contributed by atoms with E-state index in [1.165, 1.54) is 0 Å². The third kappa shape index (κ3) is 2.89. The smallest absolute Gasteiger partial charge is 1.00 e. The average molecular weight is 303 g/mol. The van der Waals surface area contributed by atoms with E-state index >= 15 is 0 Å². The molecule has 0 aliphatic heterocycles. The minimum absolute atomic E-state index is 0. The van der Waals surface area contributed by atoms with Crippen molar-refractivity contribution >= 4 is 23.1 Å². The van der Waals surface area contributed by atoms with Gasteiger partial charge < -0.3 is 11.0 Å². The monoisotopic (exact) mass is 303 g/mol. The van der Waals surface area contributed by atoms with Gasteiger partial charge >= 0.3 is 18.9 Å². The van der Waals surface area contributed by atoms with E-state index < -0.39 is 7.14 Å². The number of hydrogen-bond donors (Lipinski definition) is 1. The molecule has 0 radical (unpaired) electrons. The van der Waals surface area contributed by atoms with Crippen molar-refractivity contribution in [1.82, 2.24) is 4.98 Å². The van der Waals surface area contributed by atoms with Crippen LogP contribution in [0.25, 0.3) is 0 Å². The van der Waals surface area contributed by atoms with E-state index in [0.29, 0.717) is 15.9 Å². The quantitative estimate of drug-likeness (QED) is 0.505. The minimum Gasteiger partial charge on any atom is -1.00 e. The van der Waals surface area contributed by atoms with Gasteiger partial charge in [0.1, 0.15) is 0 Å². The van der Waals surface area contributed by atoms with Crippen molar-refractivity contribution in [3.05, 3.63) is 89.3 Å². The number of benzene rings is 2. The number of rotatable bonds is 3. The van der Waals surface area contributed by atoms with Crippen molar-refractivity contribution in [1.29, 1.82) is 0 Å². The normalized spacial score (nSPS) is 10.7. The molecule has 22 heavy (non-hydrogen) atoms. The summed E-state index contributed by atoms with van der Waals surface area (Å²) in [5.74, 6) is 0. The fourth-order valence-corrected chi connectivity index (χ4v) is 5.05. The van der Waals surface area contributed by atoms with Crippen LogP contribution in [0.5, 0.6) is 0 Å². The Kier molecular flexibility index (Phi) is 5.27. The van der Waals surface area contributed by atoms with Crippen molar-refractivity contribution in [3.8, 4) is 0 Å². The molecule has 1 heterocycles. The zero-order chi connectivity index (χ0) is 14.7. The van der Waals surface area contributed by atoms with Gasteiger partial charge in [0.2, 0.25) is 0 Å². The van der Waals surface area contributed by atoms with Crippen molar-refractivity contribution in [2.75, 3.05) is 0 Å². The summed E-state index contributed by atoms with van der Waals surface area (Å²) >= 11 is 0. The van der Waals surface area contributed by atoms with Gasteiger partial charge in [0.05, 0.1) is 5.30 Å². The van der Waals surface area contributed by atoms with Gasteiger partial charge in [-0.2, -0.15) is 0 Å². The van der Waals surface area contributed by atoms with Gasteiger partial charge in [-0.25, -0.2) is 0 Å². The van der Waals surface area contributed by atoms with Gasteiger partial charge in [-0.15, -0.1) is 0 Å². The van der Waals surface area contributed by atoms with Crippen LogP contribution >= 0.6 is 7.14 Å². The van der Waals surface area contributed by atoms with Crippen LogP contribution < -0.4 is 40.3 Å². The molecule has 0 saturated heterocycles. The zero-order valence-corrected chi connectivity index (χ0v) is 13.2. The summed E-state index contributed by atoms with van der Waals surface area (Å²) in [6.45, 7) is 0. The van der Waals surface area contributed by atoms with Crippen LogP contribution in [0.1, 0.15) is 1.43 Å². The molecule has 0 bridgehead atoms. The molecule has 0 aliphatic rings. The number of aromatic nitrogens is 1. The Morgan fingerprint density at radius 1 is 0.773 bits per heavy atom. The molecule has 0 saturated carbocycles.